The second-order valence-electron chi connectivity index (χ2n) is 19.0. The molecule has 2 radical (unpaired) electrons. The Morgan fingerprint density at radius 3 is 0.887 bits per heavy atom. The third-order valence-corrected chi connectivity index (χ3v) is 12.5. The van der Waals surface area contributed by atoms with E-state index in [1.807, 2.05) is 0 Å². The van der Waals surface area contributed by atoms with Crippen molar-refractivity contribution in [3.63, 3.8) is 0 Å². The maximum atomic E-state index is 2.47. The fourth-order valence-corrected chi connectivity index (χ4v) is 9.79. The number of rotatable bonds is 8. The van der Waals surface area contributed by atoms with E-state index in [-0.39, 0.29) is 26.2 Å². The van der Waals surface area contributed by atoms with Gasteiger partial charge in [-0.3, -0.25) is 0 Å². The monoisotopic (exact) mass is 902 g/mol. The van der Waals surface area contributed by atoms with Gasteiger partial charge in [-0.2, -0.15) is 12.1 Å². The van der Waals surface area contributed by atoms with Crippen LogP contribution in [-0.4, -0.2) is 9.52 Å². The Labute approximate surface area is 394 Å². The quantitative estimate of drug-likeness (QED) is 0.105. The van der Waals surface area contributed by atoms with Crippen LogP contribution < -0.4 is 0 Å². The van der Waals surface area contributed by atoms with Gasteiger partial charge in [0, 0.05) is 9.52 Å². The second-order valence-corrected chi connectivity index (χ2v) is 20.0. The van der Waals surface area contributed by atoms with Crippen LogP contribution in [0.25, 0.3) is 66.1 Å². The number of benzene rings is 6. The van der Waals surface area contributed by atoms with Crippen LogP contribution in [-0.2, 0) is 39.0 Å². The minimum absolute atomic E-state index is 0. The molecule has 8 aromatic carbocycles. The summed E-state index contributed by atoms with van der Waals surface area (Å²) in [5, 5.41) is 5.62. The van der Waals surface area contributed by atoms with Crippen LogP contribution in [0.2, 0.25) is 13.1 Å². The molecule has 0 unspecified atom stereocenters. The van der Waals surface area contributed by atoms with Gasteiger partial charge in [0.25, 0.3) is 0 Å². The van der Waals surface area contributed by atoms with Gasteiger partial charge in [-0.15, -0.1) is 44.8 Å². The minimum atomic E-state index is 0. The normalized spacial score (nSPS) is 13.3. The van der Waals surface area contributed by atoms with Crippen molar-refractivity contribution >= 4 is 31.1 Å². The Bertz CT molecular complexity index is 2400. The summed E-state index contributed by atoms with van der Waals surface area (Å²) in [6, 6.07) is 46.8. The molecule has 0 nitrogen and oxygen atoms in total. The molecule has 312 valence electrons. The summed E-state index contributed by atoms with van der Waals surface area (Å²) in [6.45, 7) is 21.9. The van der Waals surface area contributed by atoms with Gasteiger partial charge in [0.1, 0.15) is 0 Å². The molecule has 2 saturated carbocycles. The van der Waals surface area contributed by atoms with Gasteiger partial charge in [-0.1, -0.05) is 188 Å². The molecule has 0 spiro atoms. The Morgan fingerprint density at radius 2 is 0.629 bits per heavy atom. The maximum Gasteiger partial charge on any atom is 2.00 e. The molecule has 0 N–H and O–H groups in total. The van der Waals surface area contributed by atoms with Crippen LogP contribution in [0.3, 0.4) is 0 Å². The molecule has 10 rings (SSSR count). The molecule has 8 aromatic rings. The predicted octanol–water partition coefficient (Wildman–Crippen LogP) is 16.9. The molecule has 2 fully saturated rings. The summed E-state index contributed by atoms with van der Waals surface area (Å²) in [6.07, 6.45) is 8.05. The standard InChI is InChI=1S/2C29H29.C2H6Si.Zr/c2*1-18-9-19(2)12-24(11-18)26-7-8-27(25-13-20(3)10-21(4)14-25)29-17-23(16-28(26)29)15-22-5-6-22;1-3-2;/h2*7-14,16-17,22H,5-6,15H2,1-4H3;1-2H3;/q2*-1;;+2. The SMILES string of the molecule is C[Si]C.Cc1cc(C)cc(-c2ccc(-c3cc(C)cc(C)c3)c3[cH-]c(CC4CC4)cc23)c1.Cc1cc(C)cc(-c2ccc(-c3cc(C)cc(C)c3)c3[cH-]c(CC4CC4)cc23)c1.[Zr+2]. The zero-order valence-electron chi connectivity index (χ0n) is 38.9. The Hall–Kier alpha value is -4.36. The Balaban J connectivity index is 0.000000173. The van der Waals surface area contributed by atoms with E-state index in [1.54, 1.807) is 0 Å². The molecule has 0 saturated heterocycles. The van der Waals surface area contributed by atoms with Crippen molar-refractivity contribution in [1.82, 2.24) is 0 Å². The number of aryl methyl sites for hydroxylation is 8. The third kappa shape index (κ3) is 10.9. The maximum absolute atomic E-state index is 2.47. The van der Waals surface area contributed by atoms with Gasteiger partial charge in [0.2, 0.25) is 0 Å². The van der Waals surface area contributed by atoms with Gasteiger partial charge in [0.15, 0.2) is 0 Å². The van der Waals surface area contributed by atoms with Crippen molar-refractivity contribution in [2.75, 3.05) is 0 Å². The predicted molar refractivity (Wildman–Crippen MR) is 269 cm³/mol. The smallest absolute Gasteiger partial charge is 0.164 e. The van der Waals surface area contributed by atoms with Gasteiger partial charge in [0.05, 0.1) is 0 Å². The van der Waals surface area contributed by atoms with E-state index in [9.17, 15) is 0 Å². The first-order valence-corrected chi connectivity index (χ1v) is 24.7. The average molecular weight is 904 g/mol. The fraction of sp³-hybridized carbons (Fsp3) is 0.300. The van der Waals surface area contributed by atoms with E-state index in [2.05, 4.69) is 190 Å². The van der Waals surface area contributed by atoms with Crippen molar-refractivity contribution in [1.29, 1.82) is 0 Å². The van der Waals surface area contributed by atoms with Crippen molar-refractivity contribution in [3.8, 4) is 44.5 Å². The number of hydrogen-bond acceptors (Lipinski definition) is 0. The average Bonchev–Trinajstić information content (AvgIpc) is 4.10. The largest absolute Gasteiger partial charge is 2.00 e. The van der Waals surface area contributed by atoms with E-state index >= 15 is 0 Å². The third-order valence-electron chi connectivity index (χ3n) is 12.5. The molecule has 62 heavy (non-hydrogen) atoms. The molecule has 2 aliphatic rings. The second kappa shape index (κ2) is 19.6. The number of fused-ring (bicyclic) bond motifs is 2. The first kappa shape index (κ1) is 45.7. The molecule has 0 amide bonds. The Kier molecular flexibility index (Phi) is 14.4. The minimum Gasteiger partial charge on any atom is -0.164 e. The zero-order chi connectivity index (χ0) is 42.9. The summed E-state index contributed by atoms with van der Waals surface area (Å²) in [7, 11) is 1.08. The zero-order valence-corrected chi connectivity index (χ0v) is 42.4. The summed E-state index contributed by atoms with van der Waals surface area (Å²) in [5.74, 6) is 1.81. The molecule has 0 aliphatic heterocycles. The van der Waals surface area contributed by atoms with E-state index < -0.39 is 0 Å². The summed E-state index contributed by atoms with van der Waals surface area (Å²) in [4.78, 5) is 0. The van der Waals surface area contributed by atoms with Crippen LogP contribution in [0, 0.1) is 67.2 Å². The van der Waals surface area contributed by atoms with Gasteiger partial charge >= 0.3 is 26.2 Å². The molecule has 0 heterocycles. The summed E-state index contributed by atoms with van der Waals surface area (Å²) >= 11 is 0. The fourth-order valence-electron chi connectivity index (χ4n) is 9.79. The molecule has 0 aromatic heterocycles. The van der Waals surface area contributed by atoms with Crippen LogP contribution in [0.15, 0.2) is 121 Å². The van der Waals surface area contributed by atoms with Crippen molar-refractivity contribution in [2.24, 2.45) is 11.8 Å². The summed E-state index contributed by atoms with van der Waals surface area (Å²) in [5.41, 5.74) is 24.4. The van der Waals surface area contributed by atoms with Gasteiger partial charge in [-0.25, -0.2) is 0 Å². The van der Waals surface area contributed by atoms with Crippen LogP contribution in [0.1, 0.15) is 81.3 Å². The molecular formula is C60H64SiZr. The molecule has 2 heteroatoms. The molecule has 0 atom stereocenters. The van der Waals surface area contributed by atoms with Crippen molar-refractivity contribution < 1.29 is 26.2 Å². The Morgan fingerprint density at radius 1 is 0.387 bits per heavy atom. The molecule has 0 bridgehead atoms. The van der Waals surface area contributed by atoms with E-state index in [4.69, 9.17) is 0 Å². The first-order chi connectivity index (χ1) is 29.3. The van der Waals surface area contributed by atoms with Gasteiger partial charge in [-0.05, 0) is 117 Å². The van der Waals surface area contributed by atoms with Crippen molar-refractivity contribution in [2.45, 2.75) is 107 Å². The van der Waals surface area contributed by atoms with Crippen LogP contribution in [0.5, 0.6) is 0 Å². The summed E-state index contributed by atoms with van der Waals surface area (Å²) < 4.78 is 0. The van der Waals surface area contributed by atoms with Gasteiger partial charge < -0.3 is 0 Å². The number of hydrogen-bond donors (Lipinski definition) is 0. The first-order valence-electron chi connectivity index (χ1n) is 22.7. The van der Waals surface area contributed by atoms with Crippen LogP contribution >= 0.6 is 0 Å². The van der Waals surface area contributed by atoms with E-state index in [1.165, 1.54) is 160 Å². The van der Waals surface area contributed by atoms with Crippen LogP contribution in [0.4, 0.5) is 0 Å². The molecule has 2 aliphatic carbocycles. The molecular weight excluding hydrogens is 840 g/mol. The topological polar surface area (TPSA) is 0 Å². The van der Waals surface area contributed by atoms with E-state index in [0.717, 1.165) is 21.4 Å². The van der Waals surface area contributed by atoms with E-state index in [0.29, 0.717) is 0 Å². The van der Waals surface area contributed by atoms with Crippen molar-refractivity contribution in [3.05, 3.63) is 177 Å².